The van der Waals surface area contributed by atoms with Crippen LogP contribution in [0, 0.1) is 5.92 Å². The second kappa shape index (κ2) is 19.0. The fourth-order valence-corrected chi connectivity index (χ4v) is 7.16. The molecule has 0 radical (unpaired) electrons. The van der Waals surface area contributed by atoms with Gasteiger partial charge in [-0.05, 0) is 101 Å². The first-order valence-corrected chi connectivity index (χ1v) is 19.4. The number of likely N-dealkylation sites (N-methyl/N-ethyl adjacent to an activating group) is 1. The molecule has 7 rings (SSSR count). The van der Waals surface area contributed by atoms with Crippen molar-refractivity contribution in [3.8, 4) is 28.4 Å². The average molecular weight is 780 g/mol. The fraction of sp³-hybridized carbons (Fsp3) is 0.229. The van der Waals surface area contributed by atoms with E-state index in [0.717, 1.165) is 39.1 Å². The van der Waals surface area contributed by atoms with Crippen molar-refractivity contribution in [1.82, 2.24) is 10.2 Å². The van der Waals surface area contributed by atoms with Gasteiger partial charge in [0.05, 0.1) is 24.9 Å². The maximum absolute atomic E-state index is 12.8. The first kappa shape index (κ1) is 40.2. The topological polar surface area (TPSA) is 133 Å². The zero-order chi connectivity index (χ0) is 40.4. The highest BCUT2D eigenvalue weighted by Gasteiger charge is 2.39. The first-order valence-electron chi connectivity index (χ1n) is 19.4. The predicted octanol–water partition coefficient (Wildman–Crippen LogP) is 9.12. The molecular formula is C48H49N3O7. The number of phenols is 1. The summed E-state index contributed by atoms with van der Waals surface area (Å²) in [7, 11) is 1.95. The van der Waals surface area contributed by atoms with Crippen LogP contribution in [-0.4, -0.2) is 52.5 Å². The number of amides is 2. The number of para-hydroxylation sites is 1. The summed E-state index contributed by atoms with van der Waals surface area (Å²) in [6, 6.07) is 47.1. The molecule has 1 aliphatic rings. The molecule has 1 saturated heterocycles. The smallest absolute Gasteiger partial charge is 0.319 e. The number of nitrogens with one attached hydrogen (secondary N) is 2. The van der Waals surface area contributed by atoms with Gasteiger partial charge in [0, 0.05) is 36.8 Å². The van der Waals surface area contributed by atoms with Gasteiger partial charge < -0.3 is 45.1 Å². The molecule has 2 amide bonds. The number of ether oxygens (including phenoxy) is 3. The number of rotatable bonds is 14. The summed E-state index contributed by atoms with van der Waals surface area (Å²) in [6.45, 7) is 3.27. The second-order valence-corrected chi connectivity index (χ2v) is 14.7. The van der Waals surface area contributed by atoms with E-state index in [1.807, 2.05) is 115 Å². The minimum Gasteiger partial charge on any atom is -0.508 e. The number of benzene rings is 6. The Morgan fingerprint density at radius 1 is 0.759 bits per heavy atom. The van der Waals surface area contributed by atoms with E-state index in [4.69, 9.17) is 14.2 Å². The van der Waals surface area contributed by atoms with Crippen molar-refractivity contribution in [2.75, 3.05) is 25.5 Å². The van der Waals surface area contributed by atoms with Crippen LogP contribution in [0.5, 0.6) is 17.2 Å². The lowest BCUT2D eigenvalue weighted by Crippen LogP contribution is -2.44. The summed E-state index contributed by atoms with van der Waals surface area (Å²) < 4.78 is 19.3. The Kier molecular flexibility index (Phi) is 13.1. The zero-order valence-corrected chi connectivity index (χ0v) is 32.6. The summed E-state index contributed by atoms with van der Waals surface area (Å²) in [4.78, 5) is 14.9. The number of carbonyl (C=O) groups excluding carboxylic acids is 1. The Morgan fingerprint density at radius 2 is 1.47 bits per heavy atom. The SMILES string of the molecule is C[C@@H]1[C@H](CN(C)C[C@@H](O)c2cccc(O)c2)O[C@H](c2cccc(-c3cccc(CNC(=O)Nc4ccc(Oc5ccccc5)cc4)c3)c2)O[C@@H]1c1ccc(CO)cc1. The normalized spacial score (nSPS) is 18.4. The van der Waals surface area contributed by atoms with E-state index in [1.165, 1.54) is 0 Å². The number of aromatic hydroxyl groups is 1. The fourth-order valence-electron chi connectivity index (χ4n) is 7.16. The third-order valence-electron chi connectivity index (χ3n) is 10.3. The van der Waals surface area contributed by atoms with Crippen LogP contribution in [0.4, 0.5) is 10.5 Å². The van der Waals surface area contributed by atoms with E-state index in [9.17, 15) is 20.1 Å². The summed E-state index contributed by atoms with van der Waals surface area (Å²) in [5.41, 5.74) is 6.84. The van der Waals surface area contributed by atoms with E-state index < -0.39 is 12.4 Å². The Morgan fingerprint density at radius 3 is 2.21 bits per heavy atom. The van der Waals surface area contributed by atoms with Gasteiger partial charge in [-0.2, -0.15) is 0 Å². The van der Waals surface area contributed by atoms with Crippen molar-refractivity contribution in [2.24, 2.45) is 5.92 Å². The number of aliphatic hydroxyl groups is 2. The highest BCUT2D eigenvalue weighted by molar-refractivity contribution is 5.89. The molecule has 10 nitrogen and oxygen atoms in total. The molecular weight excluding hydrogens is 731 g/mol. The van der Waals surface area contributed by atoms with Crippen LogP contribution >= 0.6 is 0 Å². The number of urea groups is 1. The lowest BCUT2D eigenvalue weighted by Gasteiger charge is -2.42. The van der Waals surface area contributed by atoms with Gasteiger partial charge in [0.1, 0.15) is 17.2 Å². The number of carbonyl (C=O) groups is 1. The highest BCUT2D eigenvalue weighted by atomic mass is 16.7. The standard InChI is InChI=1S/C48H49N3O7/c1-32-45(30-51(2)29-44(54)38-12-8-14-41(53)27-38)57-47(58-46(32)35-19-17-33(31-52)18-20-35)39-13-7-11-37(26-39)36-10-6-9-34(25-36)28-49-48(55)50-40-21-23-43(24-22-40)56-42-15-4-3-5-16-42/h3-27,32,44-47,52-54H,28-31H2,1-2H3,(H2,49,50,55)/t32-,44-,45+,46+,47+/m1/s1. The Hall–Kier alpha value is -6.01. The lowest BCUT2D eigenvalue weighted by atomic mass is 9.89. The molecule has 1 heterocycles. The largest absolute Gasteiger partial charge is 0.508 e. The minimum atomic E-state index is -0.791. The molecule has 0 spiro atoms. The van der Waals surface area contributed by atoms with E-state index in [1.54, 1.807) is 36.4 Å². The predicted molar refractivity (Wildman–Crippen MR) is 224 cm³/mol. The van der Waals surface area contributed by atoms with Crippen molar-refractivity contribution < 1.29 is 34.3 Å². The maximum Gasteiger partial charge on any atom is 0.319 e. The maximum atomic E-state index is 12.8. The van der Waals surface area contributed by atoms with Gasteiger partial charge in [0.15, 0.2) is 6.29 Å². The molecule has 0 aromatic heterocycles. The summed E-state index contributed by atoms with van der Waals surface area (Å²) in [5, 5.41) is 36.4. The van der Waals surface area contributed by atoms with E-state index in [-0.39, 0.29) is 36.5 Å². The number of nitrogens with zero attached hydrogens (tertiary/aromatic N) is 1. The molecule has 5 atom stereocenters. The Labute approximate surface area is 339 Å². The van der Waals surface area contributed by atoms with Gasteiger partial charge in [0.25, 0.3) is 0 Å². The van der Waals surface area contributed by atoms with Crippen LogP contribution in [-0.2, 0) is 22.6 Å². The second-order valence-electron chi connectivity index (χ2n) is 14.7. The molecule has 6 aromatic carbocycles. The van der Waals surface area contributed by atoms with Crippen LogP contribution in [0.3, 0.4) is 0 Å². The molecule has 1 fully saturated rings. The van der Waals surface area contributed by atoms with E-state index in [2.05, 4.69) is 29.7 Å². The molecule has 298 valence electrons. The minimum absolute atomic E-state index is 0.0419. The summed E-state index contributed by atoms with van der Waals surface area (Å²) >= 11 is 0. The average Bonchev–Trinajstić information content (AvgIpc) is 3.25. The summed E-state index contributed by atoms with van der Waals surface area (Å²) in [5.74, 6) is 1.48. The van der Waals surface area contributed by atoms with Gasteiger partial charge in [-0.25, -0.2) is 4.79 Å². The van der Waals surface area contributed by atoms with Crippen molar-refractivity contribution in [3.05, 3.63) is 179 Å². The Balaban J connectivity index is 1.02. The number of hydrogen-bond donors (Lipinski definition) is 5. The van der Waals surface area contributed by atoms with Gasteiger partial charge >= 0.3 is 6.03 Å². The quantitative estimate of drug-likeness (QED) is 0.0740. The molecule has 0 saturated carbocycles. The van der Waals surface area contributed by atoms with Crippen molar-refractivity contribution >= 4 is 11.7 Å². The first-order chi connectivity index (χ1) is 28.2. The number of aliphatic hydroxyl groups excluding tert-OH is 2. The van der Waals surface area contributed by atoms with Crippen molar-refractivity contribution in [1.29, 1.82) is 0 Å². The Bertz CT molecular complexity index is 2250. The van der Waals surface area contributed by atoms with Crippen molar-refractivity contribution in [3.63, 3.8) is 0 Å². The number of phenolic OH excluding ortho intramolecular Hbond substituents is 1. The molecule has 0 bridgehead atoms. The molecule has 5 N–H and O–H groups in total. The van der Waals surface area contributed by atoms with E-state index >= 15 is 0 Å². The number of hydrogen-bond acceptors (Lipinski definition) is 8. The van der Waals surface area contributed by atoms with Gasteiger partial charge in [-0.15, -0.1) is 0 Å². The molecule has 0 unspecified atom stereocenters. The summed E-state index contributed by atoms with van der Waals surface area (Å²) in [6.07, 6.45) is -2.03. The van der Waals surface area contributed by atoms with Gasteiger partial charge in [-0.3, -0.25) is 0 Å². The molecule has 58 heavy (non-hydrogen) atoms. The van der Waals surface area contributed by atoms with Crippen LogP contribution in [0.15, 0.2) is 152 Å². The lowest BCUT2D eigenvalue weighted by molar-refractivity contribution is -0.276. The molecule has 0 aliphatic carbocycles. The van der Waals surface area contributed by atoms with Gasteiger partial charge in [0.2, 0.25) is 0 Å². The number of anilines is 1. The molecule has 10 heteroatoms. The monoisotopic (exact) mass is 779 g/mol. The van der Waals surface area contributed by atoms with Crippen LogP contribution in [0.25, 0.3) is 11.1 Å². The third kappa shape index (κ3) is 10.5. The van der Waals surface area contributed by atoms with Crippen LogP contribution in [0.2, 0.25) is 0 Å². The highest BCUT2D eigenvalue weighted by Crippen LogP contribution is 2.42. The molecule has 6 aromatic rings. The van der Waals surface area contributed by atoms with Crippen LogP contribution in [0.1, 0.15) is 53.2 Å². The zero-order valence-electron chi connectivity index (χ0n) is 32.6. The van der Waals surface area contributed by atoms with Crippen LogP contribution < -0.4 is 15.4 Å². The van der Waals surface area contributed by atoms with E-state index in [0.29, 0.717) is 36.6 Å². The van der Waals surface area contributed by atoms with Gasteiger partial charge in [-0.1, -0.05) is 97.9 Å². The molecule has 1 aliphatic heterocycles. The van der Waals surface area contributed by atoms with Crippen molar-refractivity contribution in [2.45, 2.75) is 44.7 Å². The third-order valence-corrected chi connectivity index (χ3v) is 10.3.